The Kier molecular flexibility index (Phi) is 6.42. The maximum absolute atomic E-state index is 10.9. The van der Waals surface area contributed by atoms with Crippen LogP contribution in [0.2, 0.25) is 0 Å². The van der Waals surface area contributed by atoms with Crippen LogP contribution in [-0.2, 0) is 11.2 Å². The predicted molar refractivity (Wildman–Crippen MR) is 91.0 cm³/mol. The van der Waals surface area contributed by atoms with Gasteiger partial charge in [-0.1, -0.05) is 19.1 Å². The largest absolute Gasteiger partial charge is 0.497 e. The second-order valence-electron chi connectivity index (χ2n) is 6.40. The van der Waals surface area contributed by atoms with Crippen LogP contribution in [0.25, 0.3) is 0 Å². The number of hydrogen-bond donors (Lipinski definition) is 2. The van der Waals surface area contributed by atoms with Crippen LogP contribution < -0.4 is 10.1 Å². The number of likely N-dealkylation sites (N-methyl/N-ethyl adjacent to an activating group) is 1. The van der Waals surface area contributed by atoms with Crippen molar-refractivity contribution >= 4 is 5.97 Å². The number of benzene rings is 1. The second-order valence-corrected chi connectivity index (χ2v) is 6.40. The van der Waals surface area contributed by atoms with Gasteiger partial charge in [-0.2, -0.15) is 0 Å². The lowest BCUT2D eigenvalue weighted by molar-refractivity contribution is -0.139. The van der Waals surface area contributed by atoms with Crippen molar-refractivity contribution in [2.45, 2.75) is 51.2 Å². The molecule has 0 amide bonds. The summed E-state index contributed by atoms with van der Waals surface area (Å²) in [6.07, 6.45) is 3.06. The maximum atomic E-state index is 10.9. The molecule has 23 heavy (non-hydrogen) atoms. The van der Waals surface area contributed by atoms with Crippen molar-refractivity contribution in [3.63, 3.8) is 0 Å². The van der Waals surface area contributed by atoms with Gasteiger partial charge in [-0.3, -0.25) is 9.69 Å². The smallest absolute Gasteiger partial charge is 0.317 e. The molecular weight excluding hydrogens is 292 g/mol. The number of carboxylic acids is 1. The number of carboxylic acid groups (broad SMARTS) is 1. The van der Waals surface area contributed by atoms with Crippen LogP contribution in [0.3, 0.4) is 0 Å². The molecule has 0 saturated heterocycles. The highest BCUT2D eigenvalue weighted by atomic mass is 16.5. The van der Waals surface area contributed by atoms with Crippen molar-refractivity contribution in [1.29, 1.82) is 0 Å². The molecule has 0 aliphatic heterocycles. The molecule has 1 aliphatic rings. The van der Waals surface area contributed by atoms with Gasteiger partial charge in [0.25, 0.3) is 0 Å². The molecule has 0 bridgehead atoms. The van der Waals surface area contributed by atoms with Gasteiger partial charge >= 0.3 is 5.97 Å². The summed E-state index contributed by atoms with van der Waals surface area (Å²) in [4.78, 5) is 12.9. The summed E-state index contributed by atoms with van der Waals surface area (Å²) >= 11 is 0. The van der Waals surface area contributed by atoms with Crippen molar-refractivity contribution in [1.82, 2.24) is 10.2 Å². The van der Waals surface area contributed by atoms with E-state index in [-0.39, 0.29) is 6.54 Å². The zero-order chi connectivity index (χ0) is 16.8. The first kappa shape index (κ1) is 17.8. The molecular formula is C18H28N2O3. The summed E-state index contributed by atoms with van der Waals surface area (Å²) in [5.74, 6) is 0.144. The third-order valence-electron chi connectivity index (χ3n) is 4.60. The molecule has 1 aromatic carbocycles. The van der Waals surface area contributed by atoms with E-state index < -0.39 is 5.97 Å². The molecule has 1 aliphatic carbocycles. The van der Waals surface area contributed by atoms with E-state index in [1.54, 1.807) is 7.11 Å². The summed E-state index contributed by atoms with van der Waals surface area (Å²) in [6.45, 7) is 5.17. The van der Waals surface area contributed by atoms with Gasteiger partial charge in [0.05, 0.1) is 13.7 Å². The highest BCUT2D eigenvalue weighted by Crippen LogP contribution is 2.26. The van der Waals surface area contributed by atoms with Gasteiger partial charge < -0.3 is 15.2 Å². The van der Waals surface area contributed by atoms with Gasteiger partial charge in [0.1, 0.15) is 5.75 Å². The van der Waals surface area contributed by atoms with Crippen LogP contribution in [0.15, 0.2) is 24.3 Å². The van der Waals surface area contributed by atoms with Crippen LogP contribution in [-0.4, -0.2) is 54.3 Å². The maximum Gasteiger partial charge on any atom is 0.317 e. The fraction of sp³-hybridized carbons (Fsp3) is 0.611. The summed E-state index contributed by atoms with van der Waals surface area (Å²) < 4.78 is 5.18. The van der Waals surface area contributed by atoms with Crippen molar-refractivity contribution in [3.05, 3.63) is 29.8 Å². The highest BCUT2D eigenvalue weighted by molar-refractivity contribution is 5.69. The first-order valence-electron chi connectivity index (χ1n) is 8.36. The minimum atomic E-state index is -0.740. The summed E-state index contributed by atoms with van der Waals surface area (Å²) in [5.41, 5.74) is 1.29. The first-order chi connectivity index (χ1) is 11.0. The van der Waals surface area contributed by atoms with E-state index in [2.05, 4.69) is 29.3 Å². The molecule has 1 fully saturated rings. The fourth-order valence-electron chi connectivity index (χ4n) is 3.27. The molecule has 5 heteroatoms. The molecule has 0 aromatic heterocycles. The molecule has 2 rings (SSSR count). The average molecular weight is 320 g/mol. The van der Waals surface area contributed by atoms with Gasteiger partial charge in [-0.15, -0.1) is 0 Å². The van der Waals surface area contributed by atoms with Crippen LogP contribution >= 0.6 is 0 Å². The number of methoxy groups -OCH3 is 1. The Labute approximate surface area is 138 Å². The van der Waals surface area contributed by atoms with Crippen LogP contribution in [0.1, 0.15) is 32.3 Å². The third-order valence-corrected chi connectivity index (χ3v) is 4.60. The Bertz CT molecular complexity index is 497. The molecule has 1 atom stereocenters. The van der Waals surface area contributed by atoms with Crippen LogP contribution in [0.5, 0.6) is 5.75 Å². The van der Waals surface area contributed by atoms with E-state index in [1.165, 1.54) is 5.56 Å². The monoisotopic (exact) mass is 320 g/mol. The Balaban J connectivity index is 1.72. The zero-order valence-electron chi connectivity index (χ0n) is 14.3. The van der Waals surface area contributed by atoms with Crippen molar-refractivity contribution in [2.24, 2.45) is 0 Å². The molecule has 1 aromatic rings. The second kappa shape index (κ2) is 8.31. The van der Waals surface area contributed by atoms with E-state index in [4.69, 9.17) is 9.84 Å². The van der Waals surface area contributed by atoms with Crippen molar-refractivity contribution in [3.8, 4) is 5.75 Å². The SMILES string of the molecule is CCN(CC(=O)O)C1CC(NC(C)Cc2ccc(OC)cc2)C1. The first-order valence-corrected chi connectivity index (χ1v) is 8.36. The van der Waals surface area contributed by atoms with Crippen LogP contribution in [0.4, 0.5) is 0 Å². The van der Waals surface area contributed by atoms with Crippen molar-refractivity contribution in [2.75, 3.05) is 20.2 Å². The number of rotatable bonds is 9. The lowest BCUT2D eigenvalue weighted by Crippen LogP contribution is -2.55. The fourth-order valence-corrected chi connectivity index (χ4v) is 3.27. The molecule has 1 unspecified atom stereocenters. The normalized spacial score (nSPS) is 21.7. The Morgan fingerprint density at radius 2 is 2.04 bits per heavy atom. The summed E-state index contributed by atoms with van der Waals surface area (Å²) in [5, 5.41) is 12.6. The van der Waals surface area contributed by atoms with Gasteiger partial charge in [0.2, 0.25) is 0 Å². The Morgan fingerprint density at radius 3 is 2.57 bits per heavy atom. The number of ether oxygens (including phenoxy) is 1. The van der Waals surface area contributed by atoms with E-state index in [0.717, 1.165) is 31.6 Å². The van der Waals surface area contributed by atoms with Gasteiger partial charge in [-0.25, -0.2) is 0 Å². The minimum absolute atomic E-state index is 0.148. The average Bonchev–Trinajstić information content (AvgIpc) is 2.49. The third kappa shape index (κ3) is 5.22. The number of nitrogens with one attached hydrogen (secondary N) is 1. The van der Waals surface area contributed by atoms with Crippen LogP contribution in [0, 0.1) is 0 Å². The Hall–Kier alpha value is -1.59. The van der Waals surface area contributed by atoms with Gasteiger partial charge in [0, 0.05) is 18.1 Å². The van der Waals surface area contributed by atoms with E-state index in [0.29, 0.717) is 18.1 Å². The highest BCUT2D eigenvalue weighted by Gasteiger charge is 2.34. The molecule has 128 valence electrons. The van der Waals surface area contributed by atoms with Gasteiger partial charge in [0.15, 0.2) is 0 Å². The van der Waals surface area contributed by atoms with Crippen molar-refractivity contribution < 1.29 is 14.6 Å². The number of nitrogens with zero attached hydrogens (tertiary/aromatic N) is 1. The van der Waals surface area contributed by atoms with E-state index in [9.17, 15) is 4.79 Å². The molecule has 1 saturated carbocycles. The molecule has 0 heterocycles. The molecule has 0 spiro atoms. The molecule has 0 radical (unpaired) electrons. The quantitative estimate of drug-likeness (QED) is 0.730. The van der Waals surface area contributed by atoms with E-state index in [1.807, 2.05) is 19.1 Å². The molecule has 5 nitrogen and oxygen atoms in total. The predicted octanol–water partition coefficient (Wildman–Crippen LogP) is 2.15. The van der Waals surface area contributed by atoms with E-state index >= 15 is 0 Å². The standard InChI is InChI=1S/C18H28N2O3/c1-4-20(12-18(21)22)16-10-15(11-16)19-13(2)9-14-5-7-17(23-3)8-6-14/h5-8,13,15-16,19H,4,9-12H2,1-3H3,(H,21,22). The topological polar surface area (TPSA) is 61.8 Å². The number of aliphatic carboxylic acids is 1. The lowest BCUT2D eigenvalue weighted by atomic mass is 9.84. The lowest BCUT2D eigenvalue weighted by Gasteiger charge is -2.43. The summed E-state index contributed by atoms with van der Waals surface area (Å²) in [6, 6.07) is 9.50. The van der Waals surface area contributed by atoms with Gasteiger partial charge in [-0.05, 0) is 50.4 Å². The summed E-state index contributed by atoms with van der Waals surface area (Å²) in [7, 11) is 1.68. The number of carbonyl (C=O) groups is 1. The Morgan fingerprint density at radius 1 is 1.39 bits per heavy atom. The molecule has 2 N–H and O–H groups in total. The number of hydrogen-bond acceptors (Lipinski definition) is 4. The zero-order valence-corrected chi connectivity index (χ0v) is 14.3. The minimum Gasteiger partial charge on any atom is -0.497 e.